The molecule has 0 aliphatic rings. The van der Waals surface area contributed by atoms with Gasteiger partial charge in [0.2, 0.25) is 10.0 Å². The molecule has 9 nitrogen and oxygen atoms in total. The maximum atomic E-state index is 12.0. The van der Waals surface area contributed by atoms with Crippen LogP contribution in [0.5, 0.6) is 0 Å². The molecule has 32 heavy (non-hydrogen) atoms. The van der Waals surface area contributed by atoms with Crippen molar-refractivity contribution in [1.29, 1.82) is 0 Å². The zero-order chi connectivity index (χ0) is 22.5. The molecule has 0 aliphatic heterocycles. The Kier molecular flexibility index (Phi) is 4.83. The molecule has 5 rings (SSSR count). The van der Waals surface area contributed by atoms with Gasteiger partial charge in [0.25, 0.3) is 0 Å². The molecule has 0 saturated heterocycles. The highest BCUT2D eigenvalue weighted by molar-refractivity contribution is 7.92. The Morgan fingerprint density at radius 1 is 1.16 bits per heavy atom. The van der Waals surface area contributed by atoms with E-state index in [0.29, 0.717) is 34.7 Å². The molecular weight excluding hydrogens is 450 g/mol. The summed E-state index contributed by atoms with van der Waals surface area (Å²) >= 11 is 6.07. The van der Waals surface area contributed by atoms with Crippen LogP contribution in [0.25, 0.3) is 33.7 Å². The molecule has 0 amide bonds. The fourth-order valence-corrected chi connectivity index (χ4v) is 4.13. The van der Waals surface area contributed by atoms with Crippen LogP contribution in [-0.4, -0.2) is 51.2 Å². The number of nitrogens with one attached hydrogen (secondary N) is 1. The number of imidazole rings is 1. The van der Waals surface area contributed by atoms with E-state index < -0.39 is 10.0 Å². The summed E-state index contributed by atoms with van der Waals surface area (Å²) in [5.41, 5.74) is 3.02. The summed E-state index contributed by atoms with van der Waals surface area (Å²) in [5, 5.41) is 1.47. The van der Waals surface area contributed by atoms with E-state index in [1.165, 1.54) is 11.4 Å². The van der Waals surface area contributed by atoms with Gasteiger partial charge in [0.1, 0.15) is 11.5 Å². The molecule has 0 fully saturated rings. The number of pyridine rings is 1. The number of fused-ring (bicyclic) bond motifs is 2. The van der Waals surface area contributed by atoms with Crippen molar-refractivity contribution in [2.75, 3.05) is 17.6 Å². The third kappa shape index (κ3) is 3.67. The lowest BCUT2D eigenvalue weighted by Gasteiger charge is -2.19. The summed E-state index contributed by atoms with van der Waals surface area (Å²) in [4.78, 5) is 21.2. The quantitative estimate of drug-likeness (QED) is 0.424. The second-order valence-electron chi connectivity index (χ2n) is 7.38. The molecule has 1 aromatic carbocycles. The molecule has 0 saturated carbocycles. The summed E-state index contributed by atoms with van der Waals surface area (Å²) in [6, 6.07) is 11.0. The van der Waals surface area contributed by atoms with Gasteiger partial charge in [-0.3, -0.25) is 4.31 Å². The monoisotopic (exact) mass is 467 g/mol. The maximum absolute atomic E-state index is 12.0. The number of halogens is 1. The molecule has 4 heterocycles. The molecule has 0 spiro atoms. The second kappa shape index (κ2) is 7.57. The topological polar surface area (TPSA) is 110 Å². The van der Waals surface area contributed by atoms with E-state index in [9.17, 15) is 8.42 Å². The van der Waals surface area contributed by atoms with Gasteiger partial charge in [-0.1, -0.05) is 17.7 Å². The number of hydrogen-bond acceptors (Lipinski definition) is 6. The average molecular weight is 468 g/mol. The van der Waals surface area contributed by atoms with Crippen molar-refractivity contribution in [2.45, 2.75) is 6.54 Å². The van der Waals surface area contributed by atoms with Crippen molar-refractivity contribution in [3.05, 3.63) is 65.6 Å². The van der Waals surface area contributed by atoms with Crippen LogP contribution in [0.2, 0.25) is 5.02 Å². The fourth-order valence-electron chi connectivity index (χ4n) is 3.48. The minimum atomic E-state index is -3.44. The number of sulfonamides is 1. The number of H-pyrrole nitrogens is 1. The van der Waals surface area contributed by atoms with Gasteiger partial charge in [-0.25, -0.2) is 28.4 Å². The van der Waals surface area contributed by atoms with Gasteiger partial charge < -0.3 is 9.55 Å². The van der Waals surface area contributed by atoms with E-state index in [-0.39, 0.29) is 0 Å². The van der Waals surface area contributed by atoms with Crippen molar-refractivity contribution in [2.24, 2.45) is 0 Å². The number of aromatic amines is 1. The summed E-state index contributed by atoms with van der Waals surface area (Å²) in [5.74, 6) is 1.36. The summed E-state index contributed by atoms with van der Waals surface area (Å²) in [7, 11) is -1.96. The summed E-state index contributed by atoms with van der Waals surface area (Å²) in [6.45, 7) is 0.388. The maximum Gasteiger partial charge on any atom is 0.233 e. The lowest BCUT2D eigenvalue weighted by Crippen LogP contribution is -2.27. The lowest BCUT2D eigenvalue weighted by atomic mass is 10.2. The van der Waals surface area contributed by atoms with E-state index in [1.54, 1.807) is 30.6 Å². The molecule has 5 aromatic rings. The van der Waals surface area contributed by atoms with E-state index in [2.05, 4.69) is 19.9 Å². The highest BCUT2D eigenvalue weighted by Gasteiger charge is 2.18. The molecule has 162 valence electrons. The first-order valence-electron chi connectivity index (χ1n) is 9.65. The zero-order valence-electron chi connectivity index (χ0n) is 17.2. The predicted octanol–water partition coefficient (Wildman–Crippen LogP) is 3.47. The third-order valence-corrected chi connectivity index (χ3v) is 6.56. The van der Waals surface area contributed by atoms with Crippen molar-refractivity contribution in [3.8, 4) is 11.6 Å². The Morgan fingerprint density at radius 3 is 2.81 bits per heavy atom. The van der Waals surface area contributed by atoms with Gasteiger partial charge in [0.15, 0.2) is 11.6 Å². The van der Waals surface area contributed by atoms with Crippen molar-refractivity contribution < 1.29 is 8.42 Å². The molecule has 0 aliphatic carbocycles. The van der Waals surface area contributed by atoms with Crippen LogP contribution in [-0.2, 0) is 16.6 Å². The van der Waals surface area contributed by atoms with Gasteiger partial charge >= 0.3 is 0 Å². The Labute approximate surface area is 188 Å². The number of hydrogen-bond donors (Lipinski definition) is 1. The predicted molar refractivity (Wildman–Crippen MR) is 124 cm³/mol. The average Bonchev–Trinajstić information content (AvgIpc) is 3.36. The van der Waals surface area contributed by atoms with E-state index >= 15 is 0 Å². The Hall–Kier alpha value is -3.50. The standard InChI is InChI=1S/C21H18ClN7O2S/c1-28(32(2,30)31)20-14(4-3-8-23-20)12-29-9-7-13-11-24-18(27-21(13)29)19-25-16-6-5-15(22)10-17(16)26-19/h3-11H,12H2,1-2H3,(H,25,26). The van der Waals surface area contributed by atoms with E-state index in [0.717, 1.165) is 28.2 Å². The van der Waals surface area contributed by atoms with Gasteiger partial charge in [0.05, 0.1) is 23.8 Å². The van der Waals surface area contributed by atoms with Crippen molar-refractivity contribution in [3.63, 3.8) is 0 Å². The van der Waals surface area contributed by atoms with Crippen LogP contribution >= 0.6 is 11.6 Å². The Morgan fingerprint density at radius 2 is 2.00 bits per heavy atom. The minimum absolute atomic E-state index is 0.375. The first kappa shape index (κ1) is 20.4. The second-order valence-corrected chi connectivity index (χ2v) is 9.83. The molecule has 1 N–H and O–H groups in total. The van der Waals surface area contributed by atoms with Crippen LogP contribution in [0.1, 0.15) is 5.56 Å². The van der Waals surface area contributed by atoms with Crippen LogP contribution in [0.15, 0.2) is 55.0 Å². The van der Waals surface area contributed by atoms with Crippen LogP contribution in [0.4, 0.5) is 5.82 Å². The number of rotatable bonds is 5. The molecular formula is C21H18ClN7O2S. The fraction of sp³-hybridized carbons (Fsp3) is 0.143. The summed E-state index contributed by atoms with van der Waals surface area (Å²) < 4.78 is 27.2. The number of anilines is 1. The Bertz CT molecular complexity index is 1580. The minimum Gasteiger partial charge on any atom is -0.335 e. The molecule has 0 radical (unpaired) electrons. The van der Waals surface area contributed by atoms with Crippen molar-refractivity contribution in [1.82, 2.24) is 29.5 Å². The van der Waals surface area contributed by atoms with Crippen LogP contribution < -0.4 is 4.31 Å². The summed E-state index contributed by atoms with van der Waals surface area (Å²) in [6.07, 6.45) is 6.35. The van der Waals surface area contributed by atoms with Crippen molar-refractivity contribution >= 4 is 49.5 Å². The van der Waals surface area contributed by atoms with Crippen LogP contribution in [0, 0.1) is 0 Å². The van der Waals surface area contributed by atoms with Gasteiger partial charge in [-0.2, -0.15) is 0 Å². The normalized spacial score (nSPS) is 12.0. The molecule has 4 aromatic heterocycles. The van der Waals surface area contributed by atoms with E-state index in [1.807, 2.05) is 29.0 Å². The van der Waals surface area contributed by atoms with Gasteiger partial charge in [-0.15, -0.1) is 0 Å². The smallest absolute Gasteiger partial charge is 0.233 e. The van der Waals surface area contributed by atoms with Crippen LogP contribution in [0.3, 0.4) is 0 Å². The molecule has 11 heteroatoms. The molecule has 0 bridgehead atoms. The van der Waals surface area contributed by atoms with E-state index in [4.69, 9.17) is 16.6 Å². The number of benzene rings is 1. The number of aromatic nitrogens is 6. The highest BCUT2D eigenvalue weighted by Crippen LogP contribution is 2.24. The lowest BCUT2D eigenvalue weighted by molar-refractivity contribution is 0.599. The third-order valence-electron chi connectivity index (χ3n) is 5.16. The largest absolute Gasteiger partial charge is 0.335 e. The van der Waals surface area contributed by atoms with Gasteiger partial charge in [0, 0.05) is 41.6 Å². The number of nitrogens with zero attached hydrogens (tertiary/aromatic N) is 6. The molecule has 0 unspecified atom stereocenters. The SMILES string of the molecule is CN(c1ncccc1Cn1ccc2cnc(-c3nc4ccc(Cl)cc4[nH]3)nc21)S(C)(=O)=O. The highest BCUT2D eigenvalue weighted by atomic mass is 35.5. The Balaban J connectivity index is 1.55. The first-order valence-corrected chi connectivity index (χ1v) is 11.9. The van der Waals surface area contributed by atoms with Gasteiger partial charge in [-0.05, 0) is 30.3 Å². The first-order chi connectivity index (χ1) is 15.3. The zero-order valence-corrected chi connectivity index (χ0v) is 18.8. The molecule has 0 atom stereocenters.